The van der Waals surface area contributed by atoms with Crippen LogP contribution in [0.5, 0.6) is 0 Å². The minimum absolute atomic E-state index is 0.273. The summed E-state index contributed by atoms with van der Waals surface area (Å²) in [6.45, 7) is 6.61. The van der Waals surface area contributed by atoms with Gasteiger partial charge < -0.3 is 9.84 Å². The van der Waals surface area contributed by atoms with Crippen LogP contribution < -0.4 is 0 Å². The lowest BCUT2D eigenvalue weighted by molar-refractivity contribution is -0.0942. The first-order valence-electron chi connectivity index (χ1n) is 7.02. The molecule has 1 amide bonds. The molecule has 0 heterocycles. The average molecular weight is 275 g/mol. The molecular formula is C14H26FNO3. The maximum Gasteiger partial charge on any atom is 0.413 e. The molecule has 1 N–H and O–H groups in total. The van der Waals surface area contributed by atoms with Gasteiger partial charge >= 0.3 is 6.09 Å². The fourth-order valence-corrected chi connectivity index (χ4v) is 2.47. The quantitative estimate of drug-likeness (QED) is 0.804. The van der Waals surface area contributed by atoms with E-state index in [2.05, 4.69) is 0 Å². The third-order valence-corrected chi connectivity index (χ3v) is 3.35. The third kappa shape index (κ3) is 4.34. The molecule has 1 atom stereocenters. The molecule has 112 valence electrons. The van der Waals surface area contributed by atoms with Crippen LogP contribution in [0.4, 0.5) is 9.18 Å². The maximum atomic E-state index is 15.0. The summed E-state index contributed by atoms with van der Waals surface area (Å²) in [6.07, 6.45) is 2.45. The van der Waals surface area contributed by atoms with Crippen molar-refractivity contribution in [3.63, 3.8) is 0 Å². The minimum atomic E-state index is -1.69. The second-order valence-corrected chi connectivity index (χ2v) is 6.36. The van der Waals surface area contributed by atoms with Crippen molar-refractivity contribution in [3.05, 3.63) is 0 Å². The van der Waals surface area contributed by atoms with E-state index in [1.807, 2.05) is 0 Å². The molecule has 0 aromatic carbocycles. The van der Waals surface area contributed by atoms with Gasteiger partial charge in [0.1, 0.15) is 5.60 Å². The predicted molar refractivity (Wildman–Crippen MR) is 71.5 cm³/mol. The smallest absolute Gasteiger partial charge is 0.413 e. The van der Waals surface area contributed by atoms with Gasteiger partial charge in [-0.15, -0.1) is 0 Å². The summed E-state index contributed by atoms with van der Waals surface area (Å²) in [5, 5.41) is 9.28. The first-order chi connectivity index (χ1) is 8.69. The summed E-state index contributed by atoms with van der Waals surface area (Å²) in [5.74, 6) is -1.69. The molecule has 1 aliphatic rings. The average Bonchev–Trinajstić information content (AvgIpc) is 2.27. The predicted octanol–water partition coefficient (Wildman–Crippen LogP) is 3.23. The molecule has 0 spiro atoms. The molecule has 0 saturated heterocycles. The molecule has 1 aliphatic carbocycles. The Hall–Kier alpha value is -0.840. The molecule has 0 aliphatic heterocycles. The van der Waals surface area contributed by atoms with Crippen LogP contribution in [0.3, 0.4) is 0 Å². The fraction of sp³-hybridized carbons (Fsp3) is 0.929. The van der Waals surface area contributed by atoms with Gasteiger partial charge in [0.2, 0.25) is 0 Å². The monoisotopic (exact) mass is 275 g/mol. The second kappa shape index (κ2) is 6.07. The molecule has 1 saturated carbocycles. The molecule has 19 heavy (non-hydrogen) atoms. The Labute approximate surface area is 114 Å². The Balaban J connectivity index is 2.91. The van der Waals surface area contributed by atoms with Crippen molar-refractivity contribution < 1.29 is 19.0 Å². The maximum absolute atomic E-state index is 15.0. The standard InChI is InChI=1S/C14H26FNO3/c1-11(10-17)16(12(18)19-13(2,3)4)14(15)8-6-5-7-9-14/h11,17H,5-10H2,1-4H3. The van der Waals surface area contributed by atoms with E-state index in [1.165, 1.54) is 0 Å². The summed E-state index contributed by atoms with van der Waals surface area (Å²) >= 11 is 0. The van der Waals surface area contributed by atoms with Gasteiger partial charge in [-0.2, -0.15) is 0 Å². The Bertz CT molecular complexity index is 308. The normalized spacial score (nSPS) is 20.7. The van der Waals surface area contributed by atoms with Crippen LogP contribution in [0.2, 0.25) is 0 Å². The number of rotatable bonds is 3. The number of carbonyl (C=O) groups excluding carboxylic acids is 1. The van der Waals surface area contributed by atoms with Gasteiger partial charge in [-0.05, 0) is 40.5 Å². The van der Waals surface area contributed by atoms with Crippen LogP contribution in [-0.2, 0) is 4.74 Å². The first kappa shape index (κ1) is 16.2. The minimum Gasteiger partial charge on any atom is -0.444 e. The van der Waals surface area contributed by atoms with Gasteiger partial charge in [-0.25, -0.2) is 9.18 Å². The zero-order valence-corrected chi connectivity index (χ0v) is 12.4. The molecule has 0 radical (unpaired) electrons. The van der Waals surface area contributed by atoms with Crippen LogP contribution >= 0.6 is 0 Å². The largest absolute Gasteiger partial charge is 0.444 e. The van der Waals surface area contributed by atoms with E-state index in [0.29, 0.717) is 12.8 Å². The van der Waals surface area contributed by atoms with Crippen molar-refractivity contribution in [1.82, 2.24) is 4.90 Å². The van der Waals surface area contributed by atoms with E-state index in [9.17, 15) is 9.90 Å². The first-order valence-corrected chi connectivity index (χ1v) is 7.02. The van der Waals surface area contributed by atoms with E-state index in [4.69, 9.17) is 4.74 Å². The van der Waals surface area contributed by atoms with Crippen molar-refractivity contribution in [3.8, 4) is 0 Å². The number of hydrogen-bond acceptors (Lipinski definition) is 3. The number of nitrogens with zero attached hydrogens (tertiary/aromatic N) is 1. The van der Waals surface area contributed by atoms with Gasteiger partial charge in [0.05, 0.1) is 12.6 Å². The number of alkyl halides is 1. The van der Waals surface area contributed by atoms with Crippen molar-refractivity contribution in [2.24, 2.45) is 0 Å². The number of amides is 1. The highest BCUT2D eigenvalue weighted by molar-refractivity contribution is 5.69. The lowest BCUT2D eigenvalue weighted by Crippen LogP contribution is -2.56. The van der Waals surface area contributed by atoms with Gasteiger partial charge in [-0.3, -0.25) is 4.90 Å². The van der Waals surface area contributed by atoms with E-state index in [0.717, 1.165) is 24.2 Å². The van der Waals surface area contributed by atoms with Crippen LogP contribution in [0.1, 0.15) is 59.8 Å². The van der Waals surface area contributed by atoms with Crippen LogP contribution in [0, 0.1) is 0 Å². The summed E-state index contributed by atoms with van der Waals surface area (Å²) in [7, 11) is 0. The van der Waals surface area contributed by atoms with E-state index < -0.39 is 23.5 Å². The van der Waals surface area contributed by atoms with Crippen molar-refractivity contribution in [2.45, 2.75) is 77.2 Å². The lowest BCUT2D eigenvalue weighted by atomic mass is 9.91. The number of aliphatic hydroxyl groups excluding tert-OH is 1. The molecular weight excluding hydrogens is 249 g/mol. The highest BCUT2D eigenvalue weighted by Crippen LogP contribution is 2.37. The van der Waals surface area contributed by atoms with Crippen molar-refractivity contribution in [1.29, 1.82) is 0 Å². The Morgan fingerprint density at radius 3 is 2.32 bits per heavy atom. The molecule has 5 heteroatoms. The van der Waals surface area contributed by atoms with Crippen molar-refractivity contribution >= 4 is 6.09 Å². The van der Waals surface area contributed by atoms with Gasteiger partial charge in [0, 0.05) is 12.8 Å². The van der Waals surface area contributed by atoms with Gasteiger partial charge in [0.15, 0.2) is 5.79 Å². The van der Waals surface area contributed by atoms with Crippen LogP contribution in [0.25, 0.3) is 0 Å². The third-order valence-electron chi connectivity index (χ3n) is 3.35. The molecule has 0 aromatic rings. The topological polar surface area (TPSA) is 49.8 Å². The molecule has 0 aromatic heterocycles. The Morgan fingerprint density at radius 1 is 1.37 bits per heavy atom. The molecule has 1 unspecified atom stereocenters. The molecule has 0 bridgehead atoms. The molecule has 4 nitrogen and oxygen atoms in total. The SMILES string of the molecule is CC(CO)N(C(=O)OC(C)(C)C)C1(F)CCCCC1. The number of halogens is 1. The van der Waals surface area contributed by atoms with Gasteiger partial charge in [-0.1, -0.05) is 6.42 Å². The zero-order chi connectivity index (χ0) is 14.7. The number of carbonyl (C=O) groups is 1. The number of aliphatic hydroxyl groups is 1. The lowest BCUT2D eigenvalue weighted by Gasteiger charge is -2.43. The highest BCUT2D eigenvalue weighted by atomic mass is 19.1. The van der Waals surface area contributed by atoms with E-state index in [1.54, 1.807) is 27.7 Å². The summed E-state index contributed by atoms with van der Waals surface area (Å²) in [4.78, 5) is 13.3. The number of hydrogen-bond donors (Lipinski definition) is 1. The van der Waals surface area contributed by atoms with E-state index >= 15 is 4.39 Å². The zero-order valence-electron chi connectivity index (χ0n) is 12.4. The van der Waals surface area contributed by atoms with Crippen LogP contribution in [0.15, 0.2) is 0 Å². The van der Waals surface area contributed by atoms with E-state index in [-0.39, 0.29) is 6.61 Å². The molecule has 1 fully saturated rings. The van der Waals surface area contributed by atoms with Crippen molar-refractivity contribution in [2.75, 3.05) is 6.61 Å². The second-order valence-electron chi connectivity index (χ2n) is 6.36. The highest BCUT2D eigenvalue weighted by Gasteiger charge is 2.45. The number of ether oxygens (including phenoxy) is 1. The Kier molecular flexibility index (Phi) is 5.18. The summed E-state index contributed by atoms with van der Waals surface area (Å²) < 4.78 is 20.3. The van der Waals surface area contributed by atoms with Crippen LogP contribution in [-0.4, -0.2) is 40.1 Å². The Morgan fingerprint density at radius 2 is 1.89 bits per heavy atom. The summed E-state index contributed by atoms with van der Waals surface area (Å²) in [5.41, 5.74) is -0.671. The fourth-order valence-electron chi connectivity index (χ4n) is 2.47. The summed E-state index contributed by atoms with van der Waals surface area (Å²) in [6, 6.07) is -0.585. The molecule has 1 rings (SSSR count). The van der Waals surface area contributed by atoms with Gasteiger partial charge in [0.25, 0.3) is 0 Å².